The summed E-state index contributed by atoms with van der Waals surface area (Å²) in [7, 11) is 0. The van der Waals surface area contributed by atoms with Crippen LogP contribution >= 0.6 is 0 Å². The Bertz CT molecular complexity index is 897. The molecule has 3 rings (SSSR count). The third-order valence-corrected chi connectivity index (χ3v) is 4.08. The molecule has 1 amide bonds. The molecule has 3 aromatic rings. The van der Waals surface area contributed by atoms with Crippen LogP contribution in [0.15, 0.2) is 73.1 Å². The van der Waals surface area contributed by atoms with Crippen molar-refractivity contribution in [2.24, 2.45) is 0 Å². The zero-order valence-corrected chi connectivity index (χ0v) is 15.6. The van der Waals surface area contributed by atoms with E-state index in [9.17, 15) is 4.79 Å². The van der Waals surface area contributed by atoms with Crippen LogP contribution in [0.5, 0.6) is 5.75 Å². The minimum Gasteiger partial charge on any atom is -0.492 e. The molecule has 0 aliphatic carbocycles. The summed E-state index contributed by atoms with van der Waals surface area (Å²) in [6, 6.07) is 19.1. The summed E-state index contributed by atoms with van der Waals surface area (Å²) in [5.41, 5.74) is 2.96. The molecular formula is C22H23N3O2. The first-order chi connectivity index (χ1) is 13.2. The Kier molecular flexibility index (Phi) is 6.05. The van der Waals surface area contributed by atoms with Gasteiger partial charge in [-0.25, -0.2) is 0 Å². The van der Waals surface area contributed by atoms with Gasteiger partial charge in [0.25, 0.3) is 5.91 Å². The highest BCUT2D eigenvalue weighted by atomic mass is 16.5. The van der Waals surface area contributed by atoms with Gasteiger partial charge < -0.3 is 15.0 Å². The second-order valence-electron chi connectivity index (χ2n) is 5.90. The molecule has 5 nitrogen and oxygen atoms in total. The van der Waals surface area contributed by atoms with Crippen LogP contribution in [-0.2, 0) is 0 Å². The summed E-state index contributed by atoms with van der Waals surface area (Å²) in [4.78, 5) is 19.0. The number of nitrogens with one attached hydrogen (secondary N) is 1. The zero-order chi connectivity index (χ0) is 19.1. The summed E-state index contributed by atoms with van der Waals surface area (Å²) in [5, 5.41) is 3.29. The average molecular weight is 361 g/mol. The van der Waals surface area contributed by atoms with E-state index in [-0.39, 0.29) is 5.91 Å². The zero-order valence-electron chi connectivity index (χ0n) is 15.6. The van der Waals surface area contributed by atoms with Crippen LogP contribution in [0.3, 0.4) is 0 Å². The first-order valence-corrected chi connectivity index (χ1v) is 9.03. The van der Waals surface area contributed by atoms with E-state index in [2.05, 4.69) is 10.3 Å². The molecule has 0 fully saturated rings. The van der Waals surface area contributed by atoms with Gasteiger partial charge in [-0.3, -0.25) is 9.78 Å². The van der Waals surface area contributed by atoms with Gasteiger partial charge in [0, 0.05) is 18.4 Å². The van der Waals surface area contributed by atoms with Gasteiger partial charge in [0.05, 0.1) is 29.7 Å². The number of aromatic nitrogens is 1. The van der Waals surface area contributed by atoms with Gasteiger partial charge >= 0.3 is 0 Å². The topological polar surface area (TPSA) is 54.5 Å². The van der Waals surface area contributed by atoms with Crippen molar-refractivity contribution in [1.82, 2.24) is 4.98 Å². The van der Waals surface area contributed by atoms with Crippen molar-refractivity contribution in [2.45, 2.75) is 13.8 Å². The van der Waals surface area contributed by atoms with E-state index < -0.39 is 0 Å². The maximum Gasteiger partial charge on any atom is 0.259 e. The van der Waals surface area contributed by atoms with Crippen LogP contribution in [0.4, 0.5) is 17.1 Å². The standard InChI is InChI=1S/C22H23N3O2/c1-3-25(19-10-6-5-7-11-19)22(26)17-14-18(16-23-15-17)24-20-12-8-9-13-21(20)27-4-2/h5-16,24H,3-4H2,1-2H3. The Labute approximate surface area is 159 Å². The summed E-state index contributed by atoms with van der Waals surface area (Å²) >= 11 is 0. The largest absolute Gasteiger partial charge is 0.492 e. The molecule has 0 saturated heterocycles. The summed E-state index contributed by atoms with van der Waals surface area (Å²) < 4.78 is 5.64. The number of rotatable bonds is 7. The number of nitrogens with zero attached hydrogens (tertiary/aromatic N) is 2. The fraction of sp³-hybridized carbons (Fsp3) is 0.182. The SMILES string of the molecule is CCOc1ccccc1Nc1cncc(C(=O)N(CC)c2ccccc2)c1. The molecule has 0 saturated carbocycles. The number of pyridine rings is 1. The average Bonchev–Trinajstić information content (AvgIpc) is 2.71. The number of amides is 1. The van der Waals surface area contributed by atoms with Gasteiger partial charge in [0.2, 0.25) is 0 Å². The van der Waals surface area contributed by atoms with Crippen molar-refractivity contribution >= 4 is 23.0 Å². The molecule has 0 unspecified atom stereocenters. The predicted molar refractivity (Wildman–Crippen MR) is 109 cm³/mol. The number of hydrogen-bond donors (Lipinski definition) is 1. The van der Waals surface area contributed by atoms with Crippen LogP contribution in [0.2, 0.25) is 0 Å². The third kappa shape index (κ3) is 4.44. The van der Waals surface area contributed by atoms with E-state index in [1.54, 1.807) is 17.3 Å². The van der Waals surface area contributed by atoms with Crippen molar-refractivity contribution in [3.8, 4) is 5.75 Å². The number of hydrogen-bond acceptors (Lipinski definition) is 4. The highest BCUT2D eigenvalue weighted by molar-refractivity contribution is 6.06. The first kappa shape index (κ1) is 18.5. The lowest BCUT2D eigenvalue weighted by atomic mass is 10.2. The van der Waals surface area contributed by atoms with Crippen LogP contribution in [-0.4, -0.2) is 24.0 Å². The molecule has 27 heavy (non-hydrogen) atoms. The van der Waals surface area contributed by atoms with Crippen molar-refractivity contribution in [1.29, 1.82) is 0 Å². The molecule has 1 aromatic heterocycles. The highest BCUT2D eigenvalue weighted by Gasteiger charge is 2.17. The Hall–Kier alpha value is -3.34. The van der Waals surface area contributed by atoms with E-state index in [1.807, 2.05) is 74.5 Å². The van der Waals surface area contributed by atoms with E-state index in [0.717, 1.165) is 22.8 Å². The lowest BCUT2D eigenvalue weighted by Gasteiger charge is -2.21. The lowest BCUT2D eigenvalue weighted by molar-refractivity contribution is 0.0988. The van der Waals surface area contributed by atoms with Gasteiger partial charge in [0.1, 0.15) is 5.75 Å². The lowest BCUT2D eigenvalue weighted by Crippen LogP contribution is -2.30. The second kappa shape index (κ2) is 8.85. The Morgan fingerprint density at radius 1 is 1.04 bits per heavy atom. The second-order valence-corrected chi connectivity index (χ2v) is 5.90. The van der Waals surface area contributed by atoms with Gasteiger partial charge in [-0.05, 0) is 44.2 Å². The van der Waals surface area contributed by atoms with Crippen molar-refractivity contribution in [2.75, 3.05) is 23.4 Å². The summed E-state index contributed by atoms with van der Waals surface area (Å²) in [5.74, 6) is 0.675. The molecule has 1 heterocycles. The first-order valence-electron chi connectivity index (χ1n) is 9.03. The van der Waals surface area contributed by atoms with Gasteiger partial charge in [-0.2, -0.15) is 0 Å². The monoisotopic (exact) mass is 361 g/mol. The molecule has 138 valence electrons. The predicted octanol–water partition coefficient (Wildman–Crippen LogP) is 4.89. The van der Waals surface area contributed by atoms with E-state index in [4.69, 9.17) is 4.74 Å². The minimum atomic E-state index is -0.0852. The van der Waals surface area contributed by atoms with E-state index >= 15 is 0 Å². The highest BCUT2D eigenvalue weighted by Crippen LogP contribution is 2.27. The maximum atomic E-state index is 13.0. The number of para-hydroxylation sites is 3. The smallest absolute Gasteiger partial charge is 0.259 e. The molecule has 5 heteroatoms. The van der Waals surface area contributed by atoms with Gasteiger partial charge in [0.15, 0.2) is 0 Å². The Morgan fingerprint density at radius 3 is 2.52 bits per heavy atom. The fourth-order valence-corrected chi connectivity index (χ4v) is 2.84. The number of carbonyl (C=O) groups excluding carboxylic acids is 1. The molecule has 0 aliphatic rings. The quantitative estimate of drug-likeness (QED) is 0.651. The molecule has 0 radical (unpaired) electrons. The van der Waals surface area contributed by atoms with Crippen LogP contribution in [0.25, 0.3) is 0 Å². The number of ether oxygens (including phenoxy) is 1. The molecule has 1 N–H and O–H groups in total. The van der Waals surface area contributed by atoms with Crippen LogP contribution in [0, 0.1) is 0 Å². The van der Waals surface area contributed by atoms with Gasteiger partial charge in [-0.1, -0.05) is 30.3 Å². The number of anilines is 3. The Balaban J connectivity index is 1.84. The molecular weight excluding hydrogens is 338 g/mol. The normalized spacial score (nSPS) is 10.3. The minimum absolute atomic E-state index is 0.0852. The van der Waals surface area contributed by atoms with Crippen molar-refractivity contribution in [3.63, 3.8) is 0 Å². The molecule has 2 aromatic carbocycles. The summed E-state index contributed by atoms with van der Waals surface area (Å²) in [6.07, 6.45) is 3.28. The maximum absolute atomic E-state index is 13.0. The third-order valence-electron chi connectivity index (χ3n) is 4.08. The molecule has 0 atom stereocenters. The van der Waals surface area contributed by atoms with E-state index in [1.165, 1.54) is 0 Å². The van der Waals surface area contributed by atoms with Crippen LogP contribution in [0.1, 0.15) is 24.2 Å². The molecule has 0 bridgehead atoms. The van der Waals surface area contributed by atoms with Crippen molar-refractivity contribution < 1.29 is 9.53 Å². The summed E-state index contributed by atoms with van der Waals surface area (Å²) in [6.45, 7) is 5.06. The number of carbonyl (C=O) groups is 1. The van der Waals surface area contributed by atoms with Gasteiger partial charge in [-0.15, -0.1) is 0 Å². The molecule has 0 aliphatic heterocycles. The van der Waals surface area contributed by atoms with Crippen LogP contribution < -0.4 is 15.0 Å². The number of benzene rings is 2. The molecule has 0 spiro atoms. The van der Waals surface area contributed by atoms with Crippen molar-refractivity contribution in [3.05, 3.63) is 78.6 Å². The van der Waals surface area contributed by atoms with E-state index in [0.29, 0.717) is 18.7 Å². The Morgan fingerprint density at radius 2 is 1.78 bits per heavy atom. The fourth-order valence-electron chi connectivity index (χ4n) is 2.84.